The van der Waals surface area contributed by atoms with Crippen molar-refractivity contribution < 1.29 is 5.11 Å². The van der Waals surface area contributed by atoms with Crippen molar-refractivity contribution in [1.82, 2.24) is 5.32 Å². The molecule has 1 aliphatic heterocycles. The van der Waals surface area contributed by atoms with Crippen LogP contribution in [0.3, 0.4) is 0 Å². The first-order chi connectivity index (χ1) is 9.53. The van der Waals surface area contributed by atoms with Crippen LogP contribution in [0.15, 0.2) is 22.7 Å². The molecule has 1 aromatic carbocycles. The summed E-state index contributed by atoms with van der Waals surface area (Å²) >= 11 is 3.57. The fourth-order valence-corrected chi connectivity index (χ4v) is 3.38. The Hall–Kier alpha value is -0.580. The molecule has 4 heteroatoms. The molecule has 1 atom stereocenters. The number of halogens is 1. The summed E-state index contributed by atoms with van der Waals surface area (Å²) in [6, 6.07) is 7.19. The molecule has 3 nitrogen and oxygen atoms in total. The quantitative estimate of drug-likeness (QED) is 0.885. The van der Waals surface area contributed by atoms with E-state index >= 15 is 0 Å². The predicted octanol–water partition coefficient (Wildman–Crippen LogP) is 3.05. The summed E-state index contributed by atoms with van der Waals surface area (Å²) in [5, 5.41) is 13.9. The Morgan fingerprint density at radius 2 is 2.25 bits per heavy atom. The minimum absolute atomic E-state index is 0.563. The average Bonchev–Trinajstić information content (AvgIpc) is 3.19. The standard InChI is InChI=1S/C16H23BrN2O/c1-16(20)7-2-8-19(11-16)15-6-3-13(17)9-12(15)10-18-14-4-5-14/h3,6,9,14,18,20H,2,4-5,7-8,10-11H2,1H3. The minimum Gasteiger partial charge on any atom is -0.388 e. The summed E-state index contributed by atoms with van der Waals surface area (Å²) in [7, 11) is 0. The maximum Gasteiger partial charge on any atom is 0.0794 e. The SMILES string of the molecule is CC1(O)CCCN(c2ccc(Br)cc2CNC2CC2)C1. The lowest BCUT2D eigenvalue weighted by molar-refractivity contribution is 0.0449. The molecule has 2 N–H and O–H groups in total. The fourth-order valence-electron chi connectivity index (χ4n) is 2.97. The molecule has 1 saturated heterocycles. The van der Waals surface area contributed by atoms with Gasteiger partial charge in [-0.25, -0.2) is 0 Å². The van der Waals surface area contributed by atoms with Crippen molar-refractivity contribution >= 4 is 21.6 Å². The Balaban J connectivity index is 1.79. The molecule has 0 aromatic heterocycles. The number of β-amino-alcohol motifs (C(OH)–C–C–N with tert-alkyl or cyclic N) is 1. The maximum atomic E-state index is 10.3. The van der Waals surface area contributed by atoms with Gasteiger partial charge in [-0.3, -0.25) is 0 Å². The molecule has 2 fully saturated rings. The second kappa shape index (κ2) is 5.66. The van der Waals surface area contributed by atoms with Crippen LogP contribution in [0.25, 0.3) is 0 Å². The molecular weight excluding hydrogens is 316 g/mol. The topological polar surface area (TPSA) is 35.5 Å². The van der Waals surface area contributed by atoms with E-state index in [1.54, 1.807) is 0 Å². The van der Waals surface area contributed by atoms with Crippen molar-refractivity contribution in [2.75, 3.05) is 18.0 Å². The number of anilines is 1. The van der Waals surface area contributed by atoms with Gasteiger partial charge in [0.15, 0.2) is 0 Å². The highest BCUT2D eigenvalue weighted by Crippen LogP contribution is 2.31. The van der Waals surface area contributed by atoms with Gasteiger partial charge in [0.2, 0.25) is 0 Å². The summed E-state index contributed by atoms with van der Waals surface area (Å²) in [4.78, 5) is 2.33. The van der Waals surface area contributed by atoms with Crippen molar-refractivity contribution in [1.29, 1.82) is 0 Å². The van der Waals surface area contributed by atoms with Gasteiger partial charge in [0.25, 0.3) is 0 Å². The van der Waals surface area contributed by atoms with E-state index in [1.807, 2.05) is 6.92 Å². The van der Waals surface area contributed by atoms with E-state index in [1.165, 1.54) is 24.1 Å². The van der Waals surface area contributed by atoms with Gasteiger partial charge in [0.05, 0.1) is 5.60 Å². The van der Waals surface area contributed by atoms with Crippen LogP contribution in [-0.4, -0.2) is 29.8 Å². The van der Waals surface area contributed by atoms with Crippen molar-refractivity contribution in [2.24, 2.45) is 0 Å². The largest absolute Gasteiger partial charge is 0.388 e. The van der Waals surface area contributed by atoms with E-state index in [0.29, 0.717) is 6.04 Å². The van der Waals surface area contributed by atoms with Crippen LogP contribution >= 0.6 is 15.9 Å². The number of nitrogens with one attached hydrogen (secondary N) is 1. The fraction of sp³-hybridized carbons (Fsp3) is 0.625. The zero-order valence-electron chi connectivity index (χ0n) is 12.0. The van der Waals surface area contributed by atoms with Gasteiger partial charge in [0.1, 0.15) is 0 Å². The predicted molar refractivity (Wildman–Crippen MR) is 86.1 cm³/mol. The second-order valence-electron chi connectivity index (χ2n) is 6.45. The van der Waals surface area contributed by atoms with Crippen molar-refractivity contribution in [3.05, 3.63) is 28.2 Å². The van der Waals surface area contributed by atoms with Gasteiger partial charge in [-0.15, -0.1) is 0 Å². The van der Waals surface area contributed by atoms with E-state index in [2.05, 4.69) is 44.3 Å². The number of benzene rings is 1. The smallest absolute Gasteiger partial charge is 0.0794 e. The summed E-state index contributed by atoms with van der Waals surface area (Å²) in [6.07, 6.45) is 4.57. The minimum atomic E-state index is -0.563. The molecule has 2 aliphatic rings. The van der Waals surface area contributed by atoms with Crippen LogP contribution < -0.4 is 10.2 Å². The first-order valence-electron chi connectivity index (χ1n) is 7.53. The van der Waals surface area contributed by atoms with Crippen molar-refractivity contribution in [3.8, 4) is 0 Å². The number of hydrogen-bond donors (Lipinski definition) is 2. The average molecular weight is 339 g/mol. The molecule has 0 spiro atoms. The Morgan fingerprint density at radius 3 is 2.95 bits per heavy atom. The number of hydrogen-bond acceptors (Lipinski definition) is 3. The Kier molecular flexibility index (Phi) is 4.07. The zero-order chi connectivity index (χ0) is 14.2. The van der Waals surface area contributed by atoms with E-state index in [-0.39, 0.29) is 0 Å². The molecule has 0 radical (unpaired) electrons. The van der Waals surface area contributed by atoms with E-state index in [9.17, 15) is 5.11 Å². The van der Waals surface area contributed by atoms with Gasteiger partial charge in [-0.05, 0) is 56.4 Å². The Bertz CT molecular complexity index is 485. The van der Waals surface area contributed by atoms with Crippen LogP contribution in [0.1, 0.15) is 38.2 Å². The molecular formula is C16H23BrN2O. The van der Waals surface area contributed by atoms with Crippen LogP contribution in [0.5, 0.6) is 0 Å². The molecule has 3 rings (SSSR count). The maximum absolute atomic E-state index is 10.3. The summed E-state index contributed by atoms with van der Waals surface area (Å²) in [5.41, 5.74) is 2.03. The molecule has 1 aliphatic carbocycles. The molecule has 0 amide bonds. The lowest BCUT2D eigenvalue weighted by atomic mass is 9.94. The van der Waals surface area contributed by atoms with E-state index in [0.717, 1.165) is 36.9 Å². The summed E-state index contributed by atoms with van der Waals surface area (Å²) in [6.45, 7) is 4.62. The highest BCUT2D eigenvalue weighted by molar-refractivity contribution is 9.10. The number of rotatable bonds is 4. The number of piperidine rings is 1. The van der Waals surface area contributed by atoms with Gasteiger partial charge in [0, 0.05) is 35.8 Å². The Morgan fingerprint density at radius 1 is 1.45 bits per heavy atom. The van der Waals surface area contributed by atoms with E-state index < -0.39 is 5.60 Å². The molecule has 110 valence electrons. The Labute approximate surface area is 129 Å². The number of aliphatic hydroxyl groups is 1. The molecule has 20 heavy (non-hydrogen) atoms. The summed E-state index contributed by atoms with van der Waals surface area (Å²) < 4.78 is 1.12. The third kappa shape index (κ3) is 3.54. The lowest BCUT2D eigenvalue weighted by Gasteiger charge is -2.39. The number of nitrogens with zero attached hydrogens (tertiary/aromatic N) is 1. The van der Waals surface area contributed by atoms with Crippen LogP contribution in [-0.2, 0) is 6.54 Å². The van der Waals surface area contributed by atoms with Crippen LogP contribution in [0, 0.1) is 0 Å². The van der Waals surface area contributed by atoms with E-state index in [4.69, 9.17) is 0 Å². The monoisotopic (exact) mass is 338 g/mol. The molecule has 1 heterocycles. The van der Waals surface area contributed by atoms with Gasteiger partial charge in [-0.2, -0.15) is 0 Å². The van der Waals surface area contributed by atoms with Crippen molar-refractivity contribution in [3.63, 3.8) is 0 Å². The molecule has 1 saturated carbocycles. The molecule has 1 aromatic rings. The highest BCUT2D eigenvalue weighted by Gasteiger charge is 2.29. The molecule has 0 bridgehead atoms. The third-order valence-electron chi connectivity index (χ3n) is 4.22. The van der Waals surface area contributed by atoms with Gasteiger partial charge >= 0.3 is 0 Å². The lowest BCUT2D eigenvalue weighted by Crippen LogP contribution is -2.46. The zero-order valence-corrected chi connectivity index (χ0v) is 13.6. The first-order valence-corrected chi connectivity index (χ1v) is 8.32. The van der Waals surface area contributed by atoms with Crippen molar-refractivity contribution in [2.45, 2.75) is 50.8 Å². The van der Waals surface area contributed by atoms with Crippen LogP contribution in [0.2, 0.25) is 0 Å². The highest BCUT2D eigenvalue weighted by atomic mass is 79.9. The summed E-state index contributed by atoms with van der Waals surface area (Å²) in [5.74, 6) is 0. The van der Waals surface area contributed by atoms with Gasteiger partial charge in [-0.1, -0.05) is 15.9 Å². The van der Waals surface area contributed by atoms with Gasteiger partial charge < -0.3 is 15.3 Å². The van der Waals surface area contributed by atoms with Crippen LogP contribution in [0.4, 0.5) is 5.69 Å². The third-order valence-corrected chi connectivity index (χ3v) is 4.71. The second-order valence-corrected chi connectivity index (χ2v) is 7.37. The molecule has 1 unspecified atom stereocenters. The normalized spacial score (nSPS) is 26.9. The first kappa shape index (κ1) is 14.4.